The molecule has 1 saturated carbocycles. The molecule has 1 fully saturated rings. The summed E-state index contributed by atoms with van der Waals surface area (Å²) in [7, 11) is 0. The van der Waals surface area contributed by atoms with Crippen LogP contribution in [0.25, 0.3) is 0 Å². The minimum absolute atomic E-state index is 0.00729. The predicted octanol–water partition coefficient (Wildman–Crippen LogP) is 1.38. The Morgan fingerprint density at radius 3 is 2.56 bits per heavy atom. The van der Waals surface area contributed by atoms with E-state index < -0.39 is 5.54 Å². The number of aromatic hydroxyl groups is 1. The van der Waals surface area contributed by atoms with Crippen LogP contribution < -0.4 is 5.32 Å². The summed E-state index contributed by atoms with van der Waals surface area (Å²) >= 11 is 0. The van der Waals surface area contributed by atoms with Gasteiger partial charge in [-0.15, -0.1) is 0 Å². The molecule has 2 unspecified atom stereocenters. The van der Waals surface area contributed by atoms with E-state index in [4.69, 9.17) is 5.11 Å². The van der Waals surface area contributed by atoms with E-state index in [9.17, 15) is 9.90 Å². The van der Waals surface area contributed by atoms with Crippen LogP contribution in [0.2, 0.25) is 0 Å². The second kappa shape index (κ2) is 4.61. The first-order valence-corrected chi connectivity index (χ1v) is 6.15. The highest BCUT2D eigenvalue weighted by atomic mass is 16.3. The van der Waals surface area contributed by atoms with Crippen LogP contribution in [0.5, 0.6) is 5.75 Å². The van der Waals surface area contributed by atoms with E-state index in [1.54, 1.807) is 26.0 Å². The lowest BCUT2D eigenvalue weighted by molar-refractivity contribution is -0.124. The van der Waals surface area contributed by atoms with Gasteiger partial charge in [-0.05, 0) is 43.9 Å². The van der Waals surface area contributed by atoms with Crippen molar-refractivity contribution in [3.63, 3.8) is 0 Å². The van der Waals surface area contributed by atoms with Crippen molar-refractivity contribution in [3.05, 3.63) is 29.8 Å². The van der Waals surface area contributed by atoms with Gasteiger partial charge in [0, 0.05) is 5.92 Å². The van der Waals surface area contributed by atoms with Crippen LogP contribution >= 0.6 is 0 Å². The molecule has 0 saturated heterocycles. The first-order valence-electron chi connectivity index (χ1n) is 6.15. The van der Waals surface area contributed by atoms with E-state index in [1.165, 1.54) is 0 Å². The molecule has 3 N–H and O–H groups in total. The Bertz CT molecular complexity index is 439. The van der Waals surface area contributed by atoms with Crippen molar-refractivity contribution in [1.82, 2.24) is 5.32 Å². The Labute approximate surface area is 107 Å². The number of aliphatic hydroxyl groups excluding tert-OH is 1. The first-order chi connectivity index (χ1) is 8.43. The number of aliphatic hydroxyl groups is 1. The zero-order valence-corrected chi connectivity index (χ0v) is 10.7. The molecule has 18 heavy (non-hydrogen) atoms. The lowest BCUT2D eigenvalue weighted by atomic mass is 10.1. The van der Waals surface area contributed by atoms with E-state index in [0.717, 1.165) is 12.0 Å². The summed E-state index contributed by atoms with van der Waals surface area (Å²) in [6.07, 6.45) is 0.831. The Morgan fingerprint density at radius 1 is 1.39 bits per heavy atom. The molecule has 0 radical (unpaired) electrons. The summed E-state index contributed by atoms with van der Waals surface area (Å²) in [5, 5.41) is 21.2. The second-order valence-electron chi connectivity index (χ2n) is 5.57. The van der Waals surface area contributed by atoms with Crippen LogP contribution in [0.1, 0.15) is 31.7 Å². The van der Waals surface area contributed by atoms with Gasteiger partial charge in [0.1, 0.15) is 5.75 Å². The van der Waals surface area contributed by atoms with Crippen LogP contribution in [0.4, 0.5) is 0 Å². The highest BCUT2D eigenvalue weighted by molar-refractivity contribution is 5.83. The van der Waals surface area contributed by atoms with E-state index >= 15 is 0 Å². The maximum absolute atomic E-state index is 12.0. The van der Waals surface area contributed by atoms with Crippen LogP contribution in [0, 0.1) is 5.92 Å². The summed E-state index contributed by atoms with van der Waals surface area (Å²) in [4.78, 5) is 12.0. The first kappa shape index (κ1) is 12.9. The van der Waals surface area contributed by atoms with E-state index in [0.29, 0.717) is 0 Å². The highest BCUT2D eigenvalue weighted by Gasteiger charge is 2.44. The molecule has 0 bridgehead atoms. The van der Waals surface area contributed by atoms with Crippen molar-refractivity contribution in [2.75, 3.05) is 6.61 Å². The van der Waals surface area contributed by atoms with E-state index in [1.807, 2.05) is 12.1 Å². The van der Waals surface area contributed by atoms with Crippen LogP contribution in [-0.4, -0.2) is 28.3 Å². The number of carbonyl (C=O) groups excluding carboxylic acids is 1. The standard InChI is InChI=1S/C14H19NO3/c1-14(2,8-16)15-13(18)12-7-11(12)9-3-5-10(17)6-4-9/h3-6,11-12,16-17H,7-8H2,1-2H3,(H,15,18). The normalized spacial score (nSPS) is 22.6. The minimum atomic E-state index is -0.570. The minimum Gasteiger partial charge on any atom is -0.508 e. The lowest BCUT2D eigenvalue weighted by Gasteiger charge is -2.23. The maximum atomic E-state index is 12.0. The van der Waals surface area contributed by atoms with E-state index in [-0.39, 0.29) is 30.1 Å². The third-order valence-corrected chi connectivity index (χ3v) is 3.31. The molecule has 4 heteroatoms. The molecule has 2 atom stereocenters. The van der Waals surface area contributed by atoms with Gasteiger partial charge < -0.3 is 15.5 Å². The second-order valence-corrected chi connectivity index (χ2v) is 5.57. The van der Waals surface area contributed by atoms with Crippen molar-refractivity contribution in [2.45, 2.75) is 31.7 Å². The molecule has 98 valence electrons. The summed E-state index contributed by atoms with van der Waals surface area (Å²) in [5.41, 5.74) is 0.508. The number of amides is 1. The quantitative estimate of drug-likeness (QED) is 0.755. The molecule has 4 nitrogen and oxygen atoms in total. The number of hydrogen-bond donors (Lipinski definition) is 3. The van der Waals surface area contributed by atoms with Gasteiger partial charge >= 0.3 is 0 Å². The zero-order chi connectivity index (χ0) is 13.3. The fourth-order valence-corrected chi connectivity index (χ4v) is 2.04. The molecular formula is C14H19NO3. The topological polar surface area (TPSA) is 69.6 Å². The average molecular weight is 249 g/mol. The largest absolute Gasteiger partial charge is 0.508 e. The van der Waals surface area contributed by atoms with Gasteiger partial charge in [0.05, 0.1) is 12.1 Å². The van der Waals surface area contributed by atoms with Gasteiger partial charge in [0.25, 0.3) is 0 Å². The summed E-state index contributed by atoms with van der Waals surface area (Å²) in [6, 6.07) is 6.98. The molecule has 1 aromatic rings. The number of phenolic OH excluding ortho intramolecular Hbond substituents is 1. The third kappa shape index (κ3) is 2.82. The van der Waals surface area contributed by atoms with Crippen LogP contribution in [0.15, 0.2) is 24.3 Å². The Morgan fingerprint density at radius 2 is 2.00 bits per heavy atom. The number of benzene rings is 1. The van der Waals surface area contributed by atoms with Gasteiger partial charge in [0.15, 0.2) is 0 Å². The monoisotopic (exact) mass is 249 g/mol. The smallest absolute Gasteiger partial charge is 0.224 e. The molecule has 1 amide bonds. The molecular weight excluding hydrogens is 230 g/mol. The van der Waals surface area contributed by atoms with Gasteiger partial charge in [-0.3, -0.25) is 4.79 Å². The Hall–Kier alpha value is -1.55. The number of hydrogen-bond acceptors (Lipinski definition) is 3. The van der Waals surface area contributed by atoms with Gasteiger partial charge in [0.2, 0.25) is 5.91 Å². The zero-order valence-electron chi connectivity index (χ0n) is 10.7. The predicted molar refractivity (Wildman–Crippen MR) is 68.3 cm³/mol. The van der Waals surface area contributed by atoms with Gasteiger partial charge in [-0.25, -0.2) is 0 Å². The van der Waals surface area contributed by atoms with Crippen LogP contribution in [0.3, 0.4) is 0 Å². The van der Waals surface area contributed by atoms with Crippen molar-refractivity contribution in [3.8, 4) is 5.75 Å². The van der Waals surface area contributed by atoms with Crippen LogP contribution in [-0.2, 0) is 4.79 Å². The van der Waals surface area contributed by atoms with Crippen molar-refractivity contribution in [1.29, 1.82) is 0 Å². The highest BCUT2D eigenvalue weighted by Crippen LogP contribution is 2.47. The average Bonchev–Trinajstić information content (AvgIpc) is 3.09. The molecule has 1 aliphatic rings. The fourth-order valence-electron chi connectivity index (χ4n) is 2.04. The number of carbonyl (C=O) groups is 1. The molecule has 0 spiro atoms. The number of phenols is 1. The molecule has 2 rings (SSSR count). The third-order valence-electron chi connectivity index (χ3n) is 3.31. The summed E-state index contributed by atoms with van der Waals surface area (Å²) < 4.78 is 0. The van der Waals surface area contributed by atoms with Crippen molar-refractivity contribution < 1.29 is 15.0 Å². The lowest BCUT2D eigenvalue weighted by Crippen LogP contribution is -2.47. The number of nitrogens with one attached hydrogen (secondary N) is 1. The fraction of sp³-hybridized carbons (Fsp3) is 0.500. The molecule has 0 aromatic heterocycles. The maximum Gasteiger partial charge on any atom is 0.224 e. The van der Waals surface area contributed by atoms with Gasteiger partial charge in [-0.1, -0.05) is 12.1 Å². The molecule has 1 aromatic carbocycles. The Balaban J connectivity index is 1.95. The summed E-state index contributed by atoms with van der Waals surface area (Å²) in [5.74, 6) is 0.453. The van der Waals surface area contributed by atoms with Crippen molar-refractivity contribution >= 4 is 5.91 Å². The van der Waals surface area contributed by atoms with E-state index in [2.05, 4.69) is 5.32 Å². The molecule has 0 heterocycles. The number of rotatable bonds is 4. The summed E-state index contributed by atoms with van der Waals surface area (Å²) in [6.45, 7) is 3.51. The van der Waals surface area contributed by atoms with Gasteiger partial charge in [-0.2, -0.15) is 0 Å². The SMILES string of the molecule is CC(C)(CO)NC(=O)C1CC1c1ccc(O)cc1. The van der Waals surface area contributed by atoms with Crippen molar-refractivity contribution in [2.24, 2.45) is 5.92 Å². The molecule has 1 aliphatic carbocycles. The Kier molecular flexibility index (Phi) is 3.30. The molecule has 0 aliphatic heterocycles.